The number of carbonyl (C=O) groups is 1. The molecule has 1 aromatic rings. The highest BCUT2D eigenvalue weighted by Crippen LogP contribution is 2.24. The zero-order valence-electron chi connectivity index (χ0n) is 10.4. The Hall–Kier alpha value is -1.06. The van der Waals surface area contributed by atoms with Crippen LogP contribution in [0, 0.1) is 0 Å². The van der Waals surface area contributed by atoms with Crippen molar-refractivity contribution in [1.82, 2.24) is 0 Å². The Morgan fingerprint density at radius 2 is 2.33 bits per heavy atom. The van der Waals surface area contributed by atoms with Crippen molar-refractivity contribution in [2.75, 3.05) is 13.2 Å². The van der Waals surface area contributed by atoms with Crippen LogP contribution >= 0.6 is 11.6 Å². The second-order valence-electron chi connectivity index (χ2n) is 4.50. The van der Waals surface area contributed by atoms with Gasteiger partial charge in [0.05, 0.1) is 11.7 Å². The molecule has 2 rings (SSSR count). The molecule has 0 amide bonds. The monoisotopic (exact) mass is 268 g/mol. The molecule has 4 heteroatoms. The first kappa shape index (κ1) is 13.4. The van der Waals surface area contributed by atoms with Crippen molar-refractivity contribution in [3.05, 3.63) is 28.8 Å². The lowest BCUT2D eigenvalue weighted by Crippen LogP contribution is -2.26. The highest BCUT2D eigenvalue weighted by atomic mass is 35.5. The molecule has 0 aliphatic carbocycles. The van der Waals surface area contributed by atoms with Crippen molar-refractivity contribution >= 4 is 17.4 Å². The van der Waals surface area contributed by atoms with Gasteiger partial charge in [0.25, 0.3) is 0 Å². The number of ether oxygens (including phenoxy) is 2. The molecule has 0 spiro atoms. The molecule has 0 aromatic heterocycles. The Morgan fingerprint density at radius 1 is 1.50 bits per heavy atom. The number of carbonyl (C=O) groups excluding carboxylic acids is 1. The van der Waals surface area contributed by atoms with Crippen LogP contribution in [-0.4, -0.2) is 25.1 Å². The van der Waals surface area contributed by atoms with E-state index in [0.717, 1.165) is 19.4 Å². The van der Waals surface area contributed by atoms with Crippen LogP contribution in [-0.2, 0) is 4.74 Å². The average molecular weight is 269 g/mol. The number of Topliss-reactive ketones (excluding diaryl/α,β-unsaturated/α-hetero) is 1. The molecule has 0 saturated carbocycles. The first-order valence-electron chi connectivity index (χ1n) is 6.21. The average Bonchev–Trinajstić information content (AvgIpc) is 2.38. The van der Waals surface area contributed by atoms with E-state index in [1.54, 1.807) is 18.2 Å². The van der Waals surface area contributed by atoms with Crippen LogP contribution in [0.5, 0.6) is 5.75 Å². The Bertz CT molecular complexity index is 425. The fourth-order valence-corrected chi connectivity index (χ4v) is 2.20. The summed E-state index contributed by atoms with van der Waals surface area (Å²) in [6.45, 7) is 2.80. The van der Waals surface area contributed by atoms with Crippen molar-refractivity contribution in [2.45, 2.75) is 32.3 Å². The Balaban J connectivity index is 2.01. The molecule has 1 unspecified atom stereocenters. The molecule has 1 aliphatic heterocycles. The first-order valence-corrected chi connectivity index (χ1v) is 6.59. The van der Waals surface area contributed by atoms with Gasteiger partial charge in [-0.3, -0.25) is 4.79 Å². The lowest BCUT2D eigenvalue weighted by atomic mass is 10.1. The van der Waals surface area contributed by atoms with Gasteiger partial charge in [-0.05, 0) is 44.4 Å². The Morgan fingerprint density at radius 3 is 3.00 bits per heavy atom. The zero-order valence-corrected chi connectivity index (χ0v) is 11.2. The minimum atomic E-state index is -0.0444. The second kappa shape index (κ2) is 6.21. The number of hydrogen-bond acceptors (Lipinski definition) is 3. The fraction of sp³-hybridized carbons (Fsp3) is 0.500. The van der Waals surface area contributed by atoms with Crippen molar-refractivity contribution in [2.24, 2.45) is 0 Å². The van der Waals surface area contributed by atoms with Gasteiger partial charge in [0.2, 0.25) is 0 Å². The summed E-state index contributed by atoms with van der Waals surface area (Å²) < 4.78 is 11.3. The molecule has 1 saturated heterocycles. The van der Waals surface area contributed by atoms with Crippen LogP contribution < -0.4 is 4.74 Å². The van der Waals surface area contributed by atoms with Gasteiger partial charge in [0.15, 0.2) is 5.78 Å². The van der Waals surface area contributed by atoms with E-state index in [1.165, 1.54) is 13.3 Å². The molecule has 0 N–H and O–H groups in total. The SMILES string of the molecule is CC(=O)c1cc(Cl)ccc1OCC1CCCCO1. The van der Waals surface area contributed by atoms with E-state index >= 15 is 0 Å². The summed E-state index contributed by atoms with van der Waals surface area (Å²) in [6, 6.07) is 5.11. The molecule has 0 radical (unpaired) electrons. The van der Waals surface area contributed by atoms with Crippen LogP contribution in [0.25, 0.3) is 0 Å². The third-order valence-corrected chi connectivity index (χ3v) is 3.25. The molecule has 3 nitrogen and oxygen atoms in total. The van der Waals surface area contributed by atoms with Gasteiger partial charge in [0, 0.05) is 11.6 Å². The summed E-state index contributed by atoms with van der Waals surface area (Å²) in [5, 5.41) is 0.543. The normalized spacial score (nSPS) is 19.6. The first-order chi connectivity index (χ1) is 8.66. The summed E-state index contributed by atoms with van der Waals surface area (Å²) in [5.41, 5.74) is 0.526. The van der Waals surface area contributed by atoms with Gasteiger partial charge in [-0.25, -0.2) is 0 Å². The van der Waals surface area contributed by atoms with E-state index in [-0.39, 0.29) is 11.9 Å². The summed E-state index contributed by atoms with van der Waals surface area (Å²) in [5.74, 6) is 0.540. The van der Waals surface area contributed by atoms with Crippen LogP contribution in [0.2, 0.25) is 5.02 Å². The van der Waals surface area contributed by atoms with E-state index in [4.69, 9.17) is 21.1 Å². The van der Waals surface area contributed by atoms with E-state index in [0.29, 0.717) is 22.9 Å². The quantitative estimate of drug-likeness (QED) is 0.784. The number of hydrogen-bond donors (Lipinski definition) is 0. The van der Waals surface area contributed by atoms with Gasteiger partial charge in [-0.1, -0.05) is 11.6 Å². The number of halogens is 1. The number of rotatable bonds is 4. The summed E-state index contributed by atoms with van der Waals surface area (Å²) in [4.78, 5) is 11.5. The molecule has 18 heavy (non-hydrogen) atoms. The van der Waals surface area contributed by atoms with Gasteiger partial charge in [0.1, 0.15) is 12.4 Å². The van der Waals surface area contributed by atoms with Gasteiger partial charge in [-0.2, -0.15) is 0 Å². The van der Waals surface area contributed by atoms with Gasteiger partial charge < -0.3 is 9.47 Å². The fourth-order valence-electron chi connectivity index (χ4n) is 2.02. The molecule has 1 fully saturated rings. The molecule has 1 aromatic carbocycles. The van der Waals surface area contributed by atoms with Crippen molar-refractivity contribution in [1.29, 1.82) is 0 Å². The van der Waals surface area contributed by atoms with Crippen molar-refractivity contribution < 1.29 is 14.3 Å². The zero-order chi connectivity index (χ0) is 13.0. The van der Waals surface area contributed by atoms with Gasteiger partial charge >= 0.3 is 0 Å². The molecule has 98 valence electrons. The van der Waals surface area contributed by atoms with Crippen LogP contribution in [0.15, 0.2) is 18.2 Å². The number of benzene rings is 1. The number of ketones is 1. The van der Waals surface area contributed by atoms with Crippen LogP contribution in [0.1, 0.15) is 36.5 Å². The molecular formula is C14H17ClO3. The van der Waals surface area contributed by atoms with Crippen molar-refractivity contribution in [3.63, 3.8) is 0 Å². The molecule has 1 aliphatic rings. The highest BCUT2D eigenvalue weighted by molar-refractivity contribution is 6.31. The summed E-state index contributed by atoms with van der Waals surface area (Å²) in [7, 11) is 0. The lowest BCUT2D eigenvalue weighted by Gasteiger charge is -2.23. The highest BCUT2D eigenvalue weighted by Gasteiger charge is 2.16. The van der Waals surface area contributed by atoms with Gasteiger partial charge in [-0.15, -0.1) is 0 Å². The molecule has 1 heterocycles. The van der Waals surface area contributed by atoms with Crippen LogP contribution in [0.4, 0.5) is 0 Å². The summed E-state index contributed by atoms with van der Waals surface area (Å²) >= 11 is 5.88. The predicted molar refractivity (Wildman–Crippen MR) is 70.5 cm³/mol. The van der Waals surface area contributed by atoms with Crippen molar-refractivity contribution in [3.8, 4) is 5.75 Å². The minimum Gasteiger partial charge on any atom is -0.490 e. The second-order valence-corrected chi connectivity index (χ2v) is 4.93. The van der Waals surface area contributed by atoms with E-state index in [2.05, 4.69) is 0 Å². The lowest BCUT2D eigenvalue weighted by molar-refractivity contribution is -0.0112. The Labute approximate surface area is 112 Å². The maximum absolute atomic E-state index is 11.5. The Kier molecular flexibility index (Phi) is 4.61. The van der Waals surface area contributed by atoms with E-state index < -0.39 is 0 Å². The third kappa shape index (κ3) is 3.47. The topological polar surface area (TPSA) is 35.5 Å². The maximum Gasteiger partial charge on any atom is 0.163 e. The maximum atomic E-state index is 11.5. The van der Waals surface area contributed by atoms with Crippen LogP contribution in [0.3, 0.4) is 0 Å². The predicted octanol–water partition coefficient (Wildman–Crippen LogP) is 3.49. The standard InChI is InChI=1S/C14H17ClO3/c1-10(16)13-8-11(15)5-6-14(13)18-9-12-4-2-3-7-17-12/h5-6,8,12H,2-4,7,9H2,1H3. The summed E-state index contributed by atoms with van der Waals surface area (Å²) in [6.07, 6.45) is 3.45. The van der Waals surface area contributed by atoms with E-state index in [9.17, 15) is 4.79 Å². The largest absolute Gasteiger partial charge is 0.490 e. The van der Waals surface area contributed by atoms with E-state index in [1.807, 2.05) is 0 Å². The minimum absolute atomic E-state index is 0.0444. The molecule has 0 bridgehead atoms. The molecule has 1 atom stereocenters. The molecular weight excluding hydrogens is 252 g/mol. The smallest absolute Gasteiger partial charge is 0.163 e. The third-order valence-electron chi connectivity index (χ3n) is 3.02.